The molecule has 1 amide bonds. The number of halogens is 1. The summed E-state index contributed by atoms with van der Waals surface area (Å²) in [4.78, 5) is 29.1. The van der Waals surface area contributed by atoms with Gasteiger partial charge in [-0.15, -0.1) is 10.2 Å². The van der Waals surface area contributed by atoms with Crippen LogP contribution >= 0.6 is 23.1 Å². The molecule has 0 fully saturated rings. The molecule has 0 saturated heterocycles. The van der Waals surface area contributed by atoms with Crippen LogP contribution in [0.5, 0.6) is 11.5 Å². The maximum absolute atomic E-state index is 14.2. The van der Waals surface area contributed by atoms with E-state index in [4.69, 9.17) is 13.9 Å². The molecule has 1 aliphatic heterocycles. The number of amides is 1. The lowest BCUT2D eigenvalue weighted by molar-refractivity contribution is -0.117. The van der Waals surface area contributed by atoms with Crippen LogP contribution in [0.25, 0.3) is 11.0 Å². The fourth-order valence-electron chi connectivity index (χ4n) is 5.09. The summed E-state index contributed by atoms with van der Waals surface area (Å²) in [6, 6.07) is 19.3. The van der Waals surface area contributed by atoms with E-state index in [1.165, 1.54) is 29.8 Å². The maximum Gasteiger partial charge on any atom is 0.296 e. The zero-order valence-corrected chi connectivity index (χ0v) is 26.9. The summed E-state index contributed by atoms with van der Waals surface area (Å²) in [7, 11) is 1.50. The van der Waals surface area contributed by atoms with E-state index in [0.717, 1.165) is 17.8 Å². The highest BCUT2D eigenvalue weighted by Crippen LogP contribution is 2.45. The fourth-order valence-corrected chi connectivity index (χ4v) is 6.95. The van der Waals surface area contributed by atoms with Gasteiger partial charge in [-0.2, -0.15) is 0 Å². The number of carbonyl (C=O) groups is 2. The van der Waals surface area contributed by atoms with Crippen molar-refractivity contribution in [2.45, 2.75) is 36.4 Å². The normalized spacial score (nSPS) is 14.9. The maximum atomic E-state index is 14.2. The van der Waals surface area contributed by atoms with E-state index in [2.05, 4.69) is 24.0 Å². The monoisotopic (exact) mass is 659 g/mol. The molecule has 12 heteroatoms. The third-order valence-corrected chi connectivity index (χ3v) is 9.56. The smallest absolute Gasteiger partial charge is 0.296 e. The van der Waals surface area contributed by atoms with Gasteiger partial charge in [0.05, 0.1) is 25.3 Å². The Labute approximate surface area is 272 Å². The number of anilines is 1. The Morgan fingerprint density at radius 2 is 1.91 bits per heavy atom. The topological polar surface area (TPSA) is 115 Å². The zero-order valence-electron chi connectivity index (χ0n) is 25.2. The fraction of sp³-hybridized carbons (Fsp3) is 0.235. The highest BCUT2D eigenvalue weighted by atomic mass is 32.2. The van der Waals surface area contributed by atoms with E-state index >= 15 is 0 Å². The van der Waals surface area contributed by atoms with E-state index in [-0.39, 0.29) is 22.3 Å². The molecule has 0 spiro atoms. The van der Waals surface area contributed by atoms with Crippen molar-refractivity contribution in [2.24, 2.45) is 5.92 Å². The average Bonchev–Trinajstić information content (AvgIpc) is 3.77. The molecule has 46 heavy (non-hydrogen) atoms. The van der Waals surface area contributed by atoms with Crippen molar-refractivity contribution in [1.82, 2.24) is 10.2 Å². The van der Waals surface area contributed by atoms with Gasteiger partial charge < -0.3 is 19.0 Å². The number of furan rings is 1. The number of ether oxygens (including phenoxy) is 2. The third kappa shape index (κ3) is 6.22. The number of aromatic nitrogens is 2. The summed E-state index contributed by atoms with van der Waals surface area (Å²) < 4.78 is 32.0. The second-order valence-corrected chi connectivity index (χ2v) is 13.2. The Kier molecular flexibility index (Phi) is 9.09. The predicted octanol–water partition coefficient (Wildman–Crippen LogP) is 7.93. The molecule has 6 rings (SSSR count). The van der Waals surface area contributed by atoms with Crippen molar-refractivity contribution >= 4 is 50.9 Å². The number of fused-ring (bicyclic) bond motifs is 1. The first-order valence-electron chi connectivity index (χ1n) is 14.6. The Balaban J connectivity index is 1.37. The SMILES string of the molecule is COc1cccc2cc(C(=O)C3=C(O)C(=O)N(c4nnc(SCc5ccccc5F)s4)C3c3cccc(OCCC(C)C)c3)oc12. The number of methoxy groups -OCH3 is 1. The first-order chi connectivity index (χ1) is 22.2. The van der Waals surface area contributed by atoms with Crippen LogP contribution in [-0.4, -0.2) is 40.7 Å². The molecule has 2 aromatic heterocycles. The van der Waals surface area contributed by atoms with Gasteiger partial charge >= 0.3 is 0 Å². The van der Waals surface area contributed by atoms with E-state index in [9.17, 15) is 19.1 Å². The molecule has 3 heterocycles. The molecule has 1 atom stereocenters. The predicted molar refractivity (Wildman–Crippen MR) is 174 cm³/mol. The number of thioether (sulfide) groups is 1. The third-order valence-electron chi connectivity index (χ3n) is 7.45. The minimum absolute atomic E-state index is 0.0663. The van der Waals surface area contributed by atoms with E-state index < -0.39 is 23.5 Å². The number of aliphatic hydroxyl groups excluding tert-OH is 1. The van der Waals surface area contributed by atoms with Crippen molar-refractivity contribution < 1.29 is 33.0 Å². The molecule has 0 saturated carbocycles. The van der Waals surface area contributed by atoms with Crippen molar-refractivity contribution in [3.05, 3.63) is 107 Å². The number of hydrogen-bond acceptors (Lipinski definition) is 10. The molecule has 3 aromatic carbocycles. The van der Waals surface area contributed by atoms with Crippen LogP contribution in [0, 0.1) is 11.7 Å². The molecule has 1 N–H and O–H groups in total. The van der Waals surface area contributed by atoms with E-state index in [1.54, 1.807) is 66.7 Å². The first-order valence-corrected chi connectivity index (χ1v) is 16.4. The van der Waals surface area contributed by atoms with Gasteiger partial charge in [-0.3, -0.25) is 14.5 Å². The lowest BCUT2D eigenvalue weighted by atomic mass is 9.95. The molecular formula is C34H30FN3O6S2. The highest BCUT2D eigenvalue weighted by Gasteiger charge is 2.47. The molecule has 1 unspecified atom stereocenters. The molecule has 236 valence electrons. The van der Waals surface area contributed by atoms with Crippen molar-refractivity contribution in [3.63, 3.8) is 0 Å². The average molecular weight is 660 g/mol. The second-order valence-electron chi connectivity index (χ2n) is 11.0. The van der Waals surface area contributed by atoms with Crippen LogP contribution in [0.2, 0.25) is 0 Å². The standard InChI is InChI=1S/C34H30FN3O6S2/c1-19(2)14-15-43-23-11-6-9-20(16-23)28-27(29(39)26-17-21-10-7-13-25(42-3)31(21)44-26)30(40)32(41)38(28)33-36-37-34(46-33)45-18-22-8-4-5-12-24(22)35/h4-13,16-17,19,28,40H,14-15,18H2,1-3H3. The minimum atomic E-state index is -1.07. The van der Waals surface area contributed by atoms with E-state index in [1.807, 2.05) is 0 Å². The number of benzene rings is 3. The van der Waals surface area contributed by atoms with Crippen LogP contribution in [0.3, 0.4) is 0 Å². The van der Waals surface area contributed by atoms with Gasteiger partial charge in [-0.25, -0.2) is 4.39 Å². The van der Waals surface area contributed by atoms with Gasteiger partial charge in [0.15, 0.2) is 27.2 Å². The van der Waals surface area contributed by atoms with Crippen molar-refractivity contribution in [3.8, 4) is 11.5 Å². The zero-order chi connectivity index (χ0) is 32.4. The Morgan fingerprint density at radius 1 is 1.11 bits per heavy atom. The van der Waals surface area contributed by atoms with Crippen LogP contribution in [-0.2, 0) is 10.5 Å². The van der Waals surface area contributed by atoms with Gasteiger partial charge in [0, 0.05) is 11.1 Å². The van der Waals surface area contributed by atoms with Gasteiger partial charge in [0.25, 0.3) is 5.91 Å². The largest absolute Gasteiger partial charge is 0.503 e. The minimum Gasteiger partial charge on any atom is -0.503 e. The van der Waals surface area contributed by atoms with Crippen molar-refractivity contribution in [2.75, 3.05) is 18.6 Å². The van der Waals surface area contributed by atoms with Crippen LogP contribution < -0.4 is 14.4 Å². The molecule has 0 bridgehead atoms. The van der Waals surface area contributed by atoms with Gasteiger partial charge in [0.2, 0.25) is 10.9 Å². The lowest BCUT2D eigenvalue weighted by Crippen LogP contribution is -2.31. The summed E-state index contributed by atoms with van der Waals surface area (Å²) in [6.07, 6.45) is 0.844. The summed E-state index contributed by atoms with van der Waals surface area (Å²) in [5.41, 5.74) is 1.22. The highest BCUT2D eigenvalue weighted by molar-refractivity contribution is 8.00. The quantitative estimate of drug-likeness (QED) is 0.0810. The van der Waals surface area contributed by atoms with Gasteiger partial charge in [-0.05, 0) is 53.8 Å². The number of Topliss-reactive ketones (excluding diaryl/α,β-unsaturated/α-hetero) is 1. The summed E-state index contributed by atoms with van der Waals surface area (Å²) in [5.74, 6) is -0.848. The summed E-state index contributed by atoms with van der Waals surface area (Å²) >= 11 is 2.37. The Hall–Kier alpha value is -4.68. The first kappa shape index (κ1) is 31.3. The molecular weight excluding hydrogens is 630 g/mol. The number of rotatable bonds is 12. The van der Waals surface area contributed by atoms with Crippen LogP contribution in [0.4, 0.5) is 9.52 Å². The second kappa shape index (κ2) is 13.4. The van der Waals surface area contributed by atoms with Gasteiger partial charge in [0.1, 0.15) is 11.6 Å². The number of ketones is 1. The summed E-state index contributed by atoms with van der Waals surface area (Å²) in [5, 5.41) is 20.5. The number of carbonyl (C=O) groups excluding carboxylic acids is 2. The molecule has 9 nitrogen and oxygen atoms in total. The number of para-hydroxylation sites is 1. The molecule has 1 aliphatic rings. The molecule has 0 radical (unpaired) electrons. The van der Waals surface area contributed by atoms with Crippen molar-refractivity contribution in [1.29, 1.82) is 0 Å². The number of nitrogens with zero attached hydrogens (tertiary/aromatic N) is 3. The summed E-state index contributed by atoms with van der Waals surface area (Å²) in [6.45, 7) is 4.69. The van der Waals surface area contributed by atoms with Gasteiger partial charge in [-0.1, -0.05) is 79.4 Å². The van der Waals surface area contributed by atoms with E-state index in [0.29, 0.717) is 56.2 Å². The Bertz CT molecular complexity index is 1950. The van der Waals surface area contributed by atoms with Crippen LogP contribution in [0.1, 0.15) is 48.0 Å². The molecule has 0 aliphatic carbocycles. The number of hydrogen-bond donors (Lipinski definition) is 1. The Morgan fingerprint density at radius 3 is 2.70 bits per heavy atom. The van der Waals surface area contributed by atoms with Crippen LogP contribution in [0.15, 0.2) is 92.9 Å². The number of aliphatic hydroxyl groups is 1. The lowest BCUT2D eigenvalue weighted by Gasteiger charge is -2.24. The molecule has 5 aromatic rings.